The van der Waals surface area contributed by atoms with Crippen LogP contribution in [0.2, 0.25) is 0 Å². The Balaban J connectivity index is 2.09. The van der Waals surface area contributed by atoms with Crippen molar-refractivity contribution in [1.29, 1.82) is 0 Å². The molecule has 0 spiro atoms. The molecule has 26 heavy (non-hydrogen) atoms. The zero-order valence-electron chi connectivity index (χ0n) is 15.4. The topological polar surface area (TPSA) is 96.7 Å². The van der Waals surface area contributed by atoms with Crippen molar-refractivity contribution in [3.05, 3.63) is 58.0 Å². The number of benzene rings is 1. The third kappa shape index (κ3) is 6.62. The normalized spacial score (nSPS) is 16.9. The quantitative estimate of drug-likeness (QED) is 0.594. The second-order valence-electron chi connectivity index (χ2n) is 7.21. The molecule has 1 aliphatic heterocycles. The second kappa shape index (κ2) is 8.55. The van der Waals surface area contributed by atoms with E-state index in [4.69, 9.17) is 4.74 Å². The van der Waals surface area contributed by atoms with Crippen LogP contribution in [0.15, 0.2) is 42.4 Å². The largest absolute Gasteiger partial charge is 0.444 e. The highest BCUT2D eigenvalue weighted by molar-refractivity contribution is 5.68. The summed E-state index contributed by atoms with van der Waals surface area (Å²) >= 11 is 0. The molecule has 2 rings (SSSR count). The molecule has 1 aliphatic rings. The van der Waals surface area contributed by atoms with Crippen LogP contribution in [0.4, 0.5) is 4.79 Å². The van der Waals surface area contributed by atoms with Crippen LogP contribution in [0, 0.1) is 10.1 Å². The van der Waals surface area contributed by atoms with Crippen molar-refractivity contribution in [2.75, 3.05) is 19.6 Å². The van der Waals surface area contributed by atoms with Gasteiger partial charge in [0, 0.05) is 19.6 Å². The lowest BCUT2D eigenvalue weighted by Crippen LogP contribution is -2.46. The van der Waals surface area contributed by atoms with Gasteiger partial charge in [-0.2, -0.15) is 0 Å². The van der Waals surface area contributed by atoms with Crippen LogP contribution in [-0.2, 0) is 11.2 Å². The SMILES string of the molecule is CC(C)(C)OC(=O)N[C@H](Cc1ccccc1)CN1CCN/C1=C\[N+](=O)[O-]. The predicted molar refractivity (Wildman–Crippen MR) is 98.0 cm³/mol. The van der Waals surface area contributed by atoms with Gasteiger partial charge in [-0.05, 0) is 32.8 Å². The molecule has 0 saturated carbocycles. The van der Waals surface area contributed by atoms with Crippen molar-refractivity contribution in [2.24, 2.45) is 0 Å². The van der Waals surface area contributed by atoms with Crippen LogP contribution in [-0.4, -0.2) is 47.2 Å². The van der Waals surface area contributed by atoms with Crippen molar-refractivity contribution >= 4 is 6.09 Å². The number of hydrogen-bond acceptors (Lipinski definition) is 6. The van der Waals surface area contributed by atoms with Crippen LogP contribution in [0.1, 0.15) is 26.3 Å². The standard InChI is InChI=1S/C18H26N4O4/c1-18(2,3)26-17(23)20-15(11-14-7-5-4-6-8-14)12-21-10-9-19-16(21)13-22(24)25/h4-8,13,15,19H,9-12H2,1-3H3,(H,20,23)/b16-13+/t15-/m1/s1. The molecule has 2 N–H and O–H groups in total. The number of carbonyl (C=O) groups excluding carboxylic acids is 1. The second-order valence-corrected chi connectivity index (χ2v) is 7.21. The van der Waals surface area contributed by atoms with E-state index in [2.05, 4.69) is 10.6 Å². The molecule has 1 atom stereocenters. The molecular weight excluding hydrogens is 336 g/mol. The Bertz CT molecular complexity index is 655. The molecule has 8 nitrogen and oxygen atoms in total. The first-order chi connectivity index (χ1) is 12.2. The van der Waals surface area contributed by atoms with Gasteiger partial charge in [0.15, 0.2) is 5.82 Å². The Morgan fingerprint density at radius 1 is 1.42 bits per heavy atom. The number of rotatable bonds is 6. The third-order valence-corrected chi connectivity index (χ3v) is 3.74. The fourth-order valence-corrected chi connectivity index (χ4v) is 2.77. The fraction of sp³-hybridized carbons (Fsp3) is 0.500. The lowest BCUT2D eigenvalue weighted by Gasteiger charge is -2.27. The van der Waals surface area contributed by atoms with Gasteiger partial charge in [0.1, 0.15) is 5.60 Å². The minimum Gasteiger partial charge on any atom is -0.444 e. The van der Waals surface area contributed by atoms with Crippen LogP contribution in [0.3, 0.4) is 0 Å². The number of carbonyl (C=O) groups is 1. The molecule has 1 aromatic carbocycles. The minimum absolute atomic E-state index is 0.248. The maximum absolute atomic E-state index is 12.2. The summed E-state index contributed by atoms with van der Waals surface area (Å²) < 4.78 is 5.35. The zero-order valence-corrected chi connectivity index (χ0v) is 15.4. The van der Waals surface area contributed by atoms with E-state index in [-0.39, 0.29) is 6.04 Å². The van der Waals surface area contributed by atoms with Gasteiger partial charge in [0.25, 0.3) is 6.20 Å². The summed E-state index contributed by atoms with van der Waals surface area (Å²) in [4.78, 5) is 24.4. The van der Waals surface area contributed by atoms with E-state index in [0.717, 1.165) is 11.8 Å². The van der Waals surface area contributed by atoms with Gasteiger partial charge < -0.3 is 20.3 Å². The van der Waals surface area contributed by atoms with Crippen molar-refractivity contribution < 1.29 is 14.5 Å². The number of alkyl carbamates (subject to hydrolysis) is 1. The van der Waals surface area contributed by atoms with Crippen molar-refractivity contribution in [3.8, 4) is 0 Å². The number of amides is 1. The smallest absolute Gasteiger partial charge is 0.407 e. The average molecular weight is 362 g/mol. The molecule has 0 aliphatic carbocycles. The Morgan fingerprint density at radius 3 is 2.73 bits per heavy atom. The zero-order chi connectivity index (χ0) is 19.2. The van der Waals surface area contributed by atoms with E-state index in [0.29, 0.717) is 31.9 Å². The molecule has 0 unspecified atom stereocenters. The maximum atomic E-state index is 12.2. The third-order valence-electron chi connectivity index (χ3n) is 3.74. The molecule has 1 aromatic rings. The van der Waals surface area contributed by atoms with Gasteiger partial charge in [-0.15, -0.1) is 0 Å². The van der Waals surface area contributed by atoms with Gasteiger partial charge in [-0.1, -0.05) is 30.3 Å². The van der Waals surface area contributed by atoms with E-state index in [1.54, 1.807) is 20.8 Å². The summed E-state index contributed by atoms with van der Waals surface area (Å²) in [6, 6.07) is 9.54. The van der Waals surface area contributed by atoms with E-state index < -0.39 is 16.6 Å². The molecule has 1 saturated heterocycles. The van der Waals surface area contributed by atoms with Gasteiger partial charge in [0.05, 0.1) is 11.0 Å². The molecule has 8 heteroatoms. The lowest BCUT2D eigenvalue weighted by atomic mass is 10.1. The number of ether oxygens (including phenoxy) is 1. The highest BCUT2D eigenvalue weighted by Gasteiger charge is 2.25. The summed E-state index contributed by atoms with van der Waals surface area (Å²) in [5, 5.41) is 16.7. The number of nitrogens with zero attached hydrogens (tertiary/aromatic N) is 2. The van der Waals surface area contributed by atoms with E-state index >= 15 is 0 Å². The Hall–Kier alpha value is -2.77. The summed E-state index contributed by atoms with van der Waals surface area (Å²) in [6.07, 6.45) is 1.06. The first kappa shape index (κ1) is 19.6. The summed E-state index contributed by atoms with van der Waals surface area (Å²) in [7, 11) is 0. The Labute approximate surface area is 153 Å². The van der Waals surface area contributed by atoms with Gasteiger partial charge in [-0.3, -0.25) is 10.1 Å². The summed E-state index contributed by atoms with van der Waals surface area (Å²) in [5.74, 6) is 0.457. The minimum atomic E-state index is -0.590. The van der Waals surface area contributed by atoms with Crippen molar-refractivity contribution in [3.63, 3.8) is 0 Å². The first-order valence-corrected chi connectivity index (χ1v) is 8.60. The van der Waals surface area contributed by atoms with E-state index in [1.165, 1.54) is 0 Å². The average Bonchev–Trinajstić information content (AvgIpc) is 2.92. The number of nitro groups is 1. The van der Waals surface area contributed by atoms with Crippen molar-refractivity contribution in [2.45, 2.75) is 38.8 Å². The van der Waals surface area contributed by atoms with E-state index in [9.17, 15) is 14.9 Å². The van der Waals surface area contributed by atoms with Gasteiger partial charge in [-0.25, -0.2) is 4.79 Å². The van der Waals surface area contributed by atoms with Crippen LogP contribution < -0.4 is 10.6 Å². The molecule has 1 amide bonds. The molecule has 0 radical (unpaired) electrons. The molecular formula is C18H26N4O4. The summed E-state index contributed by atoms with van der Waals surface area (Å²) in [6.45, 7) is 7.13. The van der Waals surface area contributed by atoms with Crippen LogP contribution >= 0.6 is 0 Å². The predicted octanol–water partition coefficient (Wildman–Crippen LogP) is 2.10. The van der Waals surface area contributed by atoms with Crippen LogP contribution in [0.25, 0.3) is 0 Å². The Kier molecular flexibility index (Phi) is 6.43. The number of hydrogen-bond donors (Lipinski definition) is 2. The first-order valence-electron chi connectivity index (χ1n) is 8.60. The maximum Gasteiger partial charge on any atom is 0.407 e. The monoisotopic (exact) mass is 362 g/mol. The molecule has 0 bridgehead atoms. The Morgan fingerprint density at radius 2 is 2.12 bits per heavy atom. The highest BCUT2D eigenvalue weighted by atomic mass is 16.6. The van der Waals surface area contributed by atoms with Crippen molar-refractivity contribution in [1.82, 2.24) is 15.5 Å². The highest BCUT2D eigenvalue weighted by Crippen LogP contribution is 2.13. The van der Waals surface area contributed by atoms with E-state index in [1.807, 2.05) is 35.2 Å². The van der Waals surface area contributed by atoms with Gasteiger partial charge >= 0.3 is 6.09 Å². The van der Waals surface area contributed by atoms with Crippen LogP contribution in [0.5, 0.6) is 0 Å². The molecule has 1 fully saturated rings. The fourth-order valence-electron chi connectivity index (χ4n) is 2.77. The lowest BCUT2D eigenvalue weighted by molar-refractivity contribution is -0.404. The van der Waals surface area contributed by atoms with Gasteiger partial charge in [0.2, 0.25) is 0 Å². The molecule has 1 heterocycles. The molecule has 0 aromatic heterocycles. The summed E-state index contributed by atoms with van der Waals surface area (Å²) in [5.41, 5.74) is 0.480. The number of nitrogens with one attached hydrogen (secondary N) is 2. The molecule has 142 valence electrons.